The zero-order valence-corrected chi connectivity index (χ0v) is 14.3. The van der Waals surface area contributed by atoms with E-state index in [0.717, 1.165) is 11.1 Å². The molecule has 0 aromatic heterocycles. The standard InChI is InChI=1S/C20H23NO4/c1-2-24-19-14-16(9-11-20(23)21-12-13-22)8-10-18(19)25-15-17-6-4-3-5-7-17/h3-11,14,22H,2,12-13,15H2,1H3,(H,21,23)/b11-9+. The average Bonchev–Trinajstić information content (AvgIpc) is 2.65. The highest BCUT2D eigenvalue weighted by Gasteiger charge is 2.06. The molecule has 0 aliphatic rings. The Kier molecular flexibility index (Phi) is 7.53. The van der Waals surface area contributed by atoms with Crippen LogP contribution in [0.3, 0.4) is 0 Å². The minimum Gasteiger partial charge on any atom is -0.490 e. The molecule has 0 spiro atoms. The minimum atomic E-state index is -0.253. The van der Waals surface area contributed by atoms with Gasteiger partial charge in [0.25, 0.3) is 0 Å². The fourth-order valence-electron chi connectivity index (χ4n) is 2.16. The molecule has 0 radical (unpaired) electrons. The molecule has 0 heterocycles. The van der Waals surface area contributed by atoms with Gasteiger partial charge in [-0.05, 0) is 36.3 Å². The van der Waals surface area contributed by atoms with Gasteiger partial charge in [0.05, 0.1) is 13.2 Å². The molecule has 0 aliphatic heterocycles. The van der Waals surface area contributed by atoms with Crippen molar-refractivity contribution in [2.45, 2.75) is 13.5 Å². The second kappa shape index (κ2) is 10.2. The number of aliphatic hydroxyl groups is 1. The number of rotatable bonds is 9. The molecular weight excluding hydrogens is 318 g/mol. The summed E-state index contributed by atoms with van der Waals surface area (Å²) in [5.74, 6) is 1.04. The summed E-state index contributed by atoms with van der Waals surface area (Å²) in [6, 6.07) is 15.4. The Bertz CT molecular complexity index is 698. The van der Waals surface area contributed by atoms with E-state index in [1.54, 1.807) is 6.08 Å². The van der Waals surface area contributed by atoms with Crippen LogP contribution in [0.1, 0.15) is 18.1 Å². The molecule has 25 heavy (non-hydrogen) atoms. The number of carbonyl (C=O) groups is 1. The highest BCUT2D eigenvalue weighted by molar-refractivity contribution is 5.91. The Morgan fingerprint density at radius 2 is 1.92 bits per heavy atom. The van der Waals surface area contributed by atoms with Crippen molar-refractivity contribution in [1.29, 1.82) is 0 Å². The lowest BCUT2D eigenvalue weighted by molar-refractivity contribution is -0.116. The Morgan fingerprint density at radius 1 is 1.12 bits per heavy atom. The van der Waals surface area contributed by atoms with E-state index in [1.165, 1.54) is 6.08 Å². The molecule has 0 unspecified atom stereocenters. The van der Waals surface area contributed by atoms with E-state index < -0.39 is 0 Å². The van der Waals surface area contributed by atoms with Crippen molar-refractivity contribution in [3.05, 3.63) is 65.7 Å². The predicted molar refractivity (Wildman–Crippen MR) is 97.5 cm³/mol. The van der Waals surface area contributed by atoms with Crippen LogP contribution < -0.4 is 14.8 Å². The van der Waals surface area contributed by atoms with Crippen molar-refractivity contribution < 1.29 is 19.4 Å². The number of hydrogen-bond donors (Lipinski definition) is 2. The van der Waals surface area contributed by atoms with Gasteiger partial charge in [-0.2, -0.15) is 0 Å². The van der Waals surface area contributed by atoms with Crippen LogP contribution in [0.5, 0.6) is 11.5 Å². The van der Waals surface area contributed by atoms with E-state index in [4.69, 9.17) is 14.6 Å². The van der Waals surface area contributed by atoms with E-state index in [2.05, 4.69) is 5.32 Å². The van der Waals surface area contributed by atoms with Crippen LogP contribution >= 0.6 is 0 Å². The maximum atomic E-state index is 11.5. The molecule has 132 valence electrons. The maximum Gasteiger partial charge on any atom is 0.244 e. The number of ether oxygens (including phenoxy) is 2. The SMILES string of the molecule is CCOc1cc(/C=C/C(=O)NCCO)ccc1OCc1ccccc1. The Balaban J connectivity index is 2.05. The highest BCUT2D eigenvalue weighted by Crippen LogP contribution is 2.29. The van der Waals surface area contributed by atoms with Gasteiger partial charge < -0.3 is 19.9 Å². The topological polar surface area (TPSA) is 67.8 Å². The van der Waals surface area contributed by atoms with Gasteiger partial charge in [-0.25, -0.2) is 0 Å². The minimum absolute atomic E-state index is 0.0818. The van der Waals surface area contributed by atoms with E-state index in [9.17, 15) is 4.79 Å². The molecule has 2 N–H and O–H groups in total. The zero-order chi connectivity index (χ0) is 17.9. The predicted octanol–water partition coefficient (Wildman–Crippen LogP) is 2.79. The number of aliphatic hydroxyl groups excluding tert-OH is 1. The summed E-state index contributed by atoms with van der Waals surface area (Å²) in [6.07, 6.45) is 3.11. The zero-order valence-electron chi connectivity index (χ0n) is 14.3. The van der Waals surface area contributed by atoms with Crippen LogP contribution in [0.2, 0.25) is 0 Å². The van der Waals surface area contributed by atoms with Crippen LogP contribution in [0.15, 0.2) is 54.6 Å². The highest BCUT2D eigenvalue weighted by atomic mass is 16.5. The quantitative estimate of drug-likeness (QED) is 0.688. The Hall–Kier alpha value is -2.79. The maximum absolute atomic E-state index is 11.5. The summed E-state index contributed by atoms with van der Waals surface area (Å²) in [5.41, 5.74) is 1.91. The van der Waals surface area contributed by atoms with Crippen molar-refractivity contribution in [1.82, 2.24) is 5.32 Å². The summed E-state index contributed by atoms with van der Waals surface area (Å²) in [5, 5.41) is 11.3. The summed E-state index contributed by atoms with van der Waals surface area (Å²) in [7, 11) is 0. The van der Waals surface area contributed by atoms with Gasteiger partial charge in [0.1, 0.15) is 6.61 Å². The molecule has 0 saturated carbocycles. The fraction of sp³-hybridized carbons (Fsp3) is 0.250. The second-order valence-corrected chi connectivity index (χ2v) is 5.26. The first-order valence-electron chi connectivity index (χ1n) is 8.23. The lowest BCUT2D eigenvalue weighted by atomic mass is 10.2. The van der Waals surface area contributed by atoms with Crippen LogP contribution in [-0.2, 0) is 11.4 Å². The third-order valence-electron chi connectivity index (χ3n) is 3.34. The van der Waals surface area contributed by atoms with Crippen LogP contribution in [0.25, 0.3) is 6.08 Å². The van der Waals surface area contributed by atoms with Gasteiger partial charge in [-0.15, -0.1) is 0 Å². The van der Waals surface area contributed by atoms with E-state index >= 15 is 0 Å². The third kappa shape index (κ3) is 6.31. The molecule has 2 aromatic rings. The number of carbonyl (C=O) groups excluding carboxylic acids is 1. The number of amides is 1. The van der Waals surface area contributed by atoms with E-state index in [-0.39, 0.29) is 19.1 Å². The van der Waals surface area contributed by atoms with Crippen LogP contribution in [0.4, 0.5) is 0 Å². The van der Waals surface area contributed by atoms with Crippen LogP contribution in [-0.4, -0.2) is 30.8 Å². The third-order valence-corrected chi connectivity index (χ3v) is 3.34. The molecule has 2 aromatic carbocycles. The molecule has 0 aliphatic carbocycles. The van der Waals surface area contributed by atoms with Gasteiger partial charge in [0.15, 0.2) is 11.5 Å². The first-order chi connectivity index (χ1) is 12.2. The molecule has 0 saturated heterocycles. The smallest absolute Gasteiger partial charge is 0.244 e. The van der Waals surface area contributed by atoms with Crippen molar-refractivity contribution in [3.63, 3.8) is 0 Å². The normalized spacial score (nSPS) is 10.6. The summed E-state index contributed by atoms with van der Waals surface area (Å²) in [4.78, 5) is 11.5. The van der Waals surface area contributed by atoms with Gasteiger partial charge in [0.2, 0.25) is 5.91 Å². The monoisotopic (exact) mass is 341 g/mol. The molecule has 0 atom stereocenters. The average molecular weight is 341 g/mol. The number of benzene rings is 2. The molecule has 0 fully saturated rings. The lowest BCUT2D eigenvalue weighted by Crippen LogP contribution is -2.24. The lowest BCUT2D eigenvalue weighted by Gasteiger charge is -2.12. The van der Waals surface area contributed by atoms with Gasteiger partial charge in [-0.3, -0.25) is 4.79 Å². The van der Waals surface area contributed by atoms with Crippen molar-refractivity contribution in [2.24, 2.45) is 0 Å². The molecule has 1 amide bonds. The van der Waals surface area contributed by atoms with Gasteiger partial charge in [-0.1, -0.05) is 36.4 Å². The number of nitrogens with one attached hydrogen (secondary N) is 1. The largest absolute Gasteiger partial charge is 0.490 e. The molecule has 5 heteroatoms. The van der Waals surface area contributed by atoms with E-state index in [0.29, 0.717) is 24.7 Å². The summed E-state index contributed by atoms with van der Waals surface area (Å²) >= 11 is 0. The van der Waals surface area contributed by atoms with Gasteiger partial charge in [0, 0.05) is 12.6 Å². The molecular formula is C20H23NO4. The summed E-state index contributed by atoms with van der Waals surface area (Å²) in [6.45, 7) is 3.04. The summed E-state index contributed by atoms with van der Waals surface area (Å²) < 4.78 is 11.5. The Morgan fingerprint density at radius 3 is 2.64 bits per heavy atom. The Labute approximate surface area is 147 Å². The first kappa shape index (κ1) is 18.5. The number of hydrogen-bond acceptors (Lipinski definition) is 4. The fourth-order valence-corrected chi connectivity index (χ4v) is 2.16. The van der Waals surface area contributed by atoms with Crippen molar-refractivity contribution in [3.8, 4) is 11.5 Å². The molecule has 2 rings (SSSR count). The van der Waals surface area contributed by atoms with E-state index in [1.807, 2.05) is 55.5 Å². The van der Waals surface area contributed by atoms with Crippen molar-refractivity contribution in [2.75, 3.05) is 19.8 Å². The first-order valence-corrected chi connectivity index (χ1v) is 8.23. The van der Waals surface area contributed by atoms with Crippen LogP contribution in [0, 0.1) is 0 Å². The second-order valence-electron chi connectivity index (χ2n) is 5.26. The van der Waals surface area contributed by atoms with Crippen molar-refractivity contribution >= 4 is 12.0 Å². The van der Waals surface area contributed by atoms with Gasteiger partial charge >= 0.3 is 0 Å². The molecule has 5 nitrogen and oxygen atoms in total. The molecule has 0 bridgehead atoms.